The fourth-order valence-electron chi connectivity index (χ4n) is 2.69. The number of rotatable bonds is 4. The minimum absolute atomic E-state index is 0.0535. The van der Waals surface area contributed by atoms with Crippen LogP contribution in [0.3, 0.4) is 0 Å². The van der Waals surface area contributed by atoms with E-state index in [0.717, 1.165) is 12.8 Å². The van der Waals surface area contributed by atoms with Gasteiger partial charge >= 0.3 is 11.8 Å². The summed E-state index contributed by atoms with van der Waals surface area (Å²) in [4.78, 5) is 28.4. The molecular formula is C16H23N3O5S. The predicted octanol–water partition coefficient (Wildman–Crippen LogP) is 2.89. The molecule has 0 spiro atoms. The molecule has 0 aromatic carbocycles. The number of pyridine rings is 1. The van der Waals surface area contributed by atoms with Crippen LogP contribution in [0.1, 0.15) is 40.0 Å². The predicted molar refractivity (Wildman–Crippen MR) is 92.7 cm³/mol. The van der Waals surface area contributed by atoms with Gasteiger partial charge in [-0.05, 0) is 46.1 Å². The number of ether oxygens (including phenoxy) is 1. The lowest BCUT2D eigenvalue weighted by Crippen LogP contribution is -2.48. The van der Waals surface area contributed by atoms with Crippen LogP contribution in [-0.4, -0.2) is 49.0 Å². The van der Waals surface area contributed by atoms with Crippen LogP contribution in [0.15, 0.2) is 23.4 Å². The molecule has 1 amide bonds. The second-order valence-electron chi connectivity index (χ2n) is 6.92. The van der Waals surface area contributed by atoms with E-state index in [1.165, 1.54) is 18.3 Å². The molecule has 1 saturated heterocycles. The molecule has 2 rings (SSSR count). The van der Waals surface area contributed by atoms with Crippen LogP contribution in [0.2, 0.25) is 0 Å². The third-order valence-electron chi connectivity index (χ3n) is 3.76. The Kier molecular flexibility index (Phi) is 6.10. The van der Waals surface area contributed by atoms with Crippen molar-refractivity contribution in [3.63, 3.8) is 0 Å². The van der Waals surface area contributed by atoms with Crippen molar-refractivity contribution in [2.45, 2.75) is 56.7 Å². The summed E-state index contributed by atoms with van der Waals surface area (Å²) in [6.45, 7) is 5.90. The van der Waals surface area contributed by atoms with Gasteiger partial charge in [0.25, 0.3) is 0 Å². The van der Waals surface area contributed by atoms with E-state index in [1.54, 1.807) is 25.7 Å². The first-order chi connectivity index (χ1) is 11.7. The van der Waals surface area contributed by atoms with Crippen LogP contribution < -0.4 is 0 Å². The minimum atomic E-state index is -1.68. The maximum absolute atomic E-state index is 12.7. The molecule has 9 heteroatoms. The Bertz CT molecular complexity index is 674. The number of hydrogen-bond donors (Lipinski definition) is 0. The first-order valence-electron chi connectivity index (χ1n) is 8.16. The fourth-order valence-corrected chi connectivity index (χ4v) is 4.09. The van der Waals surface area contributed by atoms with E-state index in [2.05, 4.69) is 4.98 Å². The number of hydrogen-bond acceptors (Lipinski definition) is 6. The second kappa shape index (κ2) is 7.90. The molecule has 1 aromatic rings. The molecule has 8 nitrogen and oxygen atoms in total. The molecule has 1 aliphatic rings. The Morgan fingerprint density at radius 1 is 1.48 bits per heavy atom. The molecule has 138 valence electrons. The topological polar surface area (TPSA) is 103 Å². The van der Waals surface area contributed by atoms with Gasteiger partial charge in [0.05, 0.1) is 21.5 Å². The third-order valence-corrected chi connectivity index (χ3v) is 5.20. The largest absolute Gasteiger partial charge is 0.444 e. The van der Waals surface area contributed by atoms with E-state index >= 15 is 0 Å². The Labute approximate surface area is 149 Å². The zero-order valence-electron chi connectivity index (χ0n) is 14.6. The van der Waals surface area contributed by atoms with Gasteiger partial charge in [-0.15, -0.1) is 0 Å². The third kappa shape index (κ3) is 5.22. The number of aromatic nitrogens is 1. The van der Waals surface area contributed by atoms with E-state index in [-0.39, 0.29) is 22.5 Å². The quantitative estimate of drug-likeness (QED) is 0.597. The highest BCUT2D eigenvalue weighted by Gasteiger charge is 2.33. The van der Waals surface area contributed by atoms with Gasteiger partial charge in [-0.1, -0.05) is 0 Å². The molecule has 25 heavy (non-hydrogen) atoms. The Balaban J connectivity index is 2.15. The van der Waals surface area contributed by atoms with Crippen LogP contribution in [-0.2, 0) is 15.5 Å². The number of piperidine rings is 1. The smallest absolute Gasteiger partial charge is 0.410 e. The lowest BCUT2D eigenvalue weighted by molar-refractivity contribution is -0.388. The van der Waals surface area contributed by atoms with E-state index in [0.29, 0.717) is 13.0 Å². The Hall–Kier alpha value is -2.03. The number of nitrogens with zero attached hydrogens (tertiary/aromatic N) is 3. The van der Waals surface area contributed by atoms with Gasteiger partial charge < -0.3 is 9.64 Å². The van der Waals surface area contributed by atoms with Gasteiger partial charge in [0.2, 0.25) is 5.03 Å². The number of carbonyl (C=O) groups excluding carboxylic acids is 1. The van der Waals surface area contributed by atoms with Crippen molar-refractivity contribution >= 4 is 22.6 Å². The average Bonchev–Trinajstić information content (AvgIpc) is 2.53. The lowest BCUT2D eigenvalue weighted by atomic mass is 10.0. The molecule has 1 aliphatic heterocycles. The standard InChI is InChI=1S/C16H23N3O5S/c1-16(2,3)24-15(20)18-10-5-4-7-12(18)11-25(23)14-13(19(21)22)8-6-9-17-14/h6,8-9,12H,4-5,7,10-11H2,1-3H3/t12-,25+/m0/s1. The molecule has 0 bridgehead atoms. The highest BCUT2D eigenvalue weighted by molar-refractivity contribution is 7.85. The Morgan fingerprint density at radius 3 is 2.84 bits per heavy atom. The summed E-state index contributed by atoms with van der Waals surface area (Å²) in [6.07, 6.45) is 3.39. The van der Waals surface area contributed by atoms with Crippen molar-refractivity contribution < 1.29 is 18.7 Å². The zero-order chi connectivity index (χ0) is 18.6. The van der Waals surface area contributed by atoms with E-state index in [9.17, 15) is 19.1 Å². The number of amides is 1. The second-order valence-corrected chi connectivity index (χ2v) is 8.33. The normalized spacial score (nSPS) is 19.3. The summed E-state index contributed by atoms with van der Waals surface area (Å²) >= 11 is 0. The average molecular weight is 369 g/mol. The molecule has 2 heterocycles. The van der Waals surface area contributed by atoms with E-state index in [1.807, 2.05) is 0 Å². The maximum atomic E-state index is 12.7. The SMILES string of the molecule is CC(C)(C)OC(=O)N1CCCC[C@H]1C[S@@](=O)c1ncccc1[N+](=O)[O-]. The van der Waals surface area contributed by atoms with Crippen LogP contribution in [0.5, 0.6) is 0 Å². The molecule has 0 radical (unpaired) electrons. The summed E-state index contributed by atoms with van der Waals surface area (Å²) in [7, 11) is -1.68. The molecule has 2 atom stereocenters. The van der Waals surface area contributed by atoms with Gasteiger partial charge in [-0.25, -0.2) is 9.78 Å². The first kappa shape index (κ1) is 19.3. The minimum Gasteiger partial charge on any atom is -0.444 e. The van der Waals surface area contributed by atoms with Crippen molar-refractivity contribution in [3.05, 3.63) is 28.4 Å². The van der Waals surface area contributed by atoms with Gasteiger partial charge in [0.1, 0.15) is 5.60 Å². The van der Waals surface area contributed by atoms with Crippen LogP contribution in [0.4, 0.5) is 10.5 Å². The number of likely N-dealkylation sites (tertiary alicyclic amines) is 1. The summed E-state index contributed by atoms with van der Waals surface area (Å²) in [5.74, 6) is 0.108. The highest BCUT2D eigenvalue weighted by atomic mass is 32.2. The van der Waals surface area contributed by atoms with Crippen molar-refractivity contribution in [2.75, 3.05) is 12.3 Å². The van der Waals surface area contributed by atoms with Gasteiger partial charge in [0, 0.05) is 24.8 Å². The summed E-state index contributed by atoms with van der Waals surface area (Å²) in [5.41, 5.74) is -0.877. The van der Waals surface area contributed by atoms with Gasteiger partial charge in [0.15, 0.2) is 0 Å². The molecule has 1 fully saturated rings. The lowest BCUT2D eigenvalue weighted by Gasteiger charge is -2.36. The van der Waals surface area contributed by atoms with E-state index in [4.69, 9.17) is 4.74 Å². The molecule has 0 saturated carbocycles. The number of nitro groups is 1. The van der Waals surface area contributed by atoms with Crippen LogP contribution >= 0.6 is 0 Å². The van der Waals surface area contributed by atoms with Crippen molar-refractivity contribution in [3.8, 4) is 0 Å². The zero-order valence-corrected chi connectivity index (χ0v) is 15.5. The number of carbonyl (C=O) groups is 1. The summed E-state index contributed by atoms with van der Waals surface area (Å²) < 4.78 is 18.1. The van der Waals surface area contributed by atoms with E-state index < -0.39 is 27.4 Å². The summed E-state index contributed by atoms with van der Waals surface area (Å²) in [5, 5.41) is 11.0. The van der Waals surface area contributed by atoms with Gasteiger partial charge in [-0.2, -0.15) is 0 Å². The van der Waals surface area contributed by atoms with Gasteiger partial charge in [-0.3, -0.25) is 14.3 Å². The fraction of sp³-hybridized carbons (Fsp3) is 0.625. The molecule has 0 unspecified atom stereocenters. The van der Waals surface area contributed by atoms with Crippen molar-refractivity contribution in [1.82, 2.24) is 9.88 Å². The molecule has 0 N–H and O–H groups in total. The molecule has 1 aromatic heterocycles. The van der Waals surface area contributed by atoms with Crippen LogP contribution in [0.25, 0.3) is 0 Å². The monoisotopic (exact) mass is 369 g/mol. The maximum Gasteiger partial charge on any atom is 0.410 e. The highest BCUT2D eigenvalue weighted by Crippen LogP contribution is 2.25. The Morgan fingerprint density at radius 2 is 2.20 bits per heavy atom. The summed E-state index contributed by atoms with van der Waals surface area (Å²) in [6, 6.07) is 2.44. The van der Waals surface area contributed by atoms with Crippen LogP contribution in [0, 0.1) is 10.1 Å². The van der Waals surface area contributed by atoms with Crippen molar-refractivity contribution in [1.29, 1.82) is 0 Å². The van der Waals surface area contributed by atoms with Crippen molar-refractivity contribution in [2.24, 2.45) is 0 Å². The molecule has 0 aliphatic carbocycles. The first-order valence-corrected chi connectivity index (χ1v) is 9.48. The molecular weight excluding hydrogens is 346 g/mol.